The van der Waals surface area contributed by atoms with Gasteiger partial charge in [-0.2, -0.15) is 0 Å². The van der Waals surface area contributed by atoms with Crippen molar-refractivity contribution in [1.82, 2.24) is 4.98 Å². The molecule has 1 fully saturated rings. The molecule has 3 rings (SSSR count). The van der Waals surface area contributed by atoms with Crippen molar-refractivity contribution in [1.29, 1.82) is 0 Å². The summed E-state index contributed by atoms with van der Waals surface area (Å²) in [5.41, 5.74) is 3.30. The van der Waals surface area contributed by atoms with Gasteiger partial charge in [-0.15, -0.1) is 0 Å². The summed E-state index contributed by atoms with van der Waals surface area (Å²) in [5.74, 6) is 0. The fraction of sp³-hybridized carbons (Fsp3) is 0.250. The van der Waals surface area contributed by atoms with E-state index >= 15 is 0 Å². The van der Waals surface area contributed by atoms with Crippen molar-refractivity contribution in [3.63, 3.8) is 0 Å². The molecule has 1 saturated heterocycles. The number of hydrogen-bond donors (Lipinski definition) is 0. The van der Waals surface area contributed by atoms with Crippen LogP contribution in [-0.4, -0.2) is 31.2 Å². The van der Waals surface area contributed by atoms with Crippen LogP contribution in [0.4, 0.5) is 11.4 Å². The van der Waals surface area contributed by atoms with Crippen LogP contribution >= 0.6 is 0 Å². The van der Waals surface area contributed by atoms with Gasteiger partial charge in [0.05, 0.1) is 0 Å². The minimum Gasteiger partial charge on any atom is -0.368 e. The van der Waals surface area contributed by atoms with Gasteiger partial charge in [0, 0.05) is 49.9 Å². The van der Waals surface area contributed by atoms with E-state index in [0.717, 1.165) is 31.7 Å². The highest BCUT2D eigenvalue weighted by atomic mass is 15.3. The van der Waals surface area contributed by atoms with Crippen molar-refractivity contribution in [3.8, 4) is 0 Å². The Kier molecular flexibility index (Phi) is 3.36. The van der Waals surface area contributed by atoms with Crippen LogP contribution in [-0.2, 0) is 0 Å². The predicted octanol–water partition coefficient (Wildman–Crippen LogP) is 2.47. The molecule has 96 valence electrons. The standard InChI is InChI=1S/C16H17N3/c1-14-3-2-4-16(13-14)19-11-9-18(10-12-19)15-5-7-17-8-6-15/h1-8,13H,9-12H2. The summed E-state index contributed by atoms with van der Waals surface area (Å²) in [4.78, 5) is 8.84. The molecule has 0 saturated carbocycles. The lowest BCUT2D eigenvalue weighted by Gasteiger charge is -2.37. The Balaban J connectivity index is 1.67. The highest BCUT2D eigenvalue weighted by molar-refractivity contribution is 5.52. The van der Waals surface area contributed by atoms with Crippen molar-refractivity contribution in [2.75, 3.05) is 36.0 Å². The minimum atomic E-state index is 0.828. The first-order valence-corrected chi connectivity index (χ1v) is 6.58. The monoisotopic (exact) mass is 251 g/mol. The molecule has 0 bridgehead atoms. The first kappa shape index (κ1) is 12.0. The Hall–Kier alpha value is -2.03. The number of aromatic nitrogens is 1. The number of pyridine rings is 1. The maximum Gasteiger partial charge on any atom is 0.0398 e. The third-order valence-electron chi connectivity index (χ3n) is 3.54. The minimum absolute atomic E-state index is 0.828. The molecule has 3 heteroatoms. The average Bonchev–Trinajstić information content (AvgIpc) is 2.48. The lowest BCUT2D eigenvalue weighted by Crippen LogP contribution is -2.46. The fourth-order valence-electron chi connectivity index (χ4n) is 2.50. The molecule has 2 heterocycles. The molecule has 3 nitrogen and oxygen atoms in total. The topological polar surface area (TPSA) is 19.4 Å². The second-order valence-electron chi connectivity index (χ2n) is 4.77. The Morgan fingerprint density at radius 1 is 0.842 bits per heavy atom. The van der Waals surface area contributed by atoms with Gasteiger partial charge in [0.1, 0.15) is 0 Å². The van der Waals surface area contributed by atoms with E-state index in [9.17, 15) is 0 Å². The third kappa shape index (κ3) is 2.70. The quantitative estimate of drug-likeness (QED) is 0.817. The SMILES string of the molecule is [CH]c1cccc(N2CCN(c3ccncc3)CC2)c1. The lowest BCUT2D eigenvalue weighted by molar-refractivity contribution is 0.653. The van der Waals surface area contributed by atoms with Gasteiger partial charge in [0.25, 0.3) is 0 Å². The van der Waals surface area contributed by atoms with E-state index in [0.29, 0.717) is 0 Å². The van der Waals surface area contributed by atoms with E-state index in [1.54, 1.807) is 0 Å². The van der Waals surface area contributed by atoms with Crippen LogP contribution < -0.4 is 9.80 Å². The van der Waals surface area contributed by atoms with E-state index in [1.807, 2.05) is 30.6 Å². The van der Waals surface area contributed by atoms with E-state index < -0.39 is 0 Å². The highest BCUT2D eigenvalue weighted by Crippen LogP contribution is 2.20. The maximum absolute atomic E-state index is 5.84. The van der Waals surface area contributed by atoms with Crippen molar-refractivity contribution < 1.29 is 0 Å². The Morgan fingerprint density at radius 2 is 1.47 bits per heavy atom. The van der Waals surface area contributed by atoms with Gasteiger partial charge in [0.15, 0.2) is 0 Å². The molecule has 1 aromatic heterocycles. The summed E-state index contributed by atoms with van der Waals surface area (Å²) in [7, 11) is 0. The van der Waals surface area contributed by atoms with E-state index in [4.69, 9.17) is 6.92 Å². The third-order valence-corrected chi connectivity index (χ3v) is 3.54. The molecule has 1 aliphatic rings. The maximum atomic E-state index is 5.84. The number of piperazine rings is 1. The van der Waals surface area contributed by atoms with Crippen LogP contribution in [0.1, 0.15) is 5.56 Å². The molecule has 1 aromatic carbocycles. The van der Waals surface area contributed by atoms with Crippen LogP contribution in [0.3, 0.4) is 0 Å². The zero-order valence-electron chi connectivity index (χ0n) is 10.9. The normalized spacial score (nSPS) is 15.6. The zero-order chi connectivity index (χ0) is 13.1. The summed E-state index contributed by atoms with van der Waals surface area (Å²) in [6, 6.07) is 12.2. The van der Waals surface area contributed by atoms with Gasteiger partial charge >= 0.3 is 0 Å². The van der Waals surface area contributed by atoms with Gasteiger partial charge in [-0.05, 0) is 36.8 Å². The molecule has 0 atom stereocenters. The highest BCUT2D eigenvalue weighted by Gasteiger charge is 2.17. The van der Waals surface area contributed by atoms with Crippen LogP contribution in [0.5, 0.6) is 0 Å². The van der Waals surface area contributed by atoms with Crippen molar-refractivity contribution in [2.45, 2.75) is 0 Å². The van der Waals surface area contributed by atoms with Crippen LogP contribution in [0.2, 0.25) is 0 Å². The predicted molar refractivity (Wildman–Crippen MR) is 78.5 cm³/mol. The van der Waals surface area contributed by atoms with Gasteiger partial charge < -0.3 is 9.80 Å². The Bertz CT molecular complexity index is 531. The summed E-state index contributed by atoms with van der Waals surface area (Å²) >= 11 is 0. The molecule has 0 amide bonds. The molecule has 19 heavy (non-hydrogen) atoms. The second kappa shape index (κ2) is 5.31. The summed E-state index contributed by atoms with van der Waals surface area (Å²) in [5, 5.41) is 0. The number of nitrogens with zero attached hydrogens (tertiary/aromatic N) is 3. The summed E-state index contributed by atoms with van der Waals surface area (Å²) in [6.07, 6.45) is 3.69. The average molecular weight is 251 g/mol. The number of benzene rings is 1. The van der Waals surface area contributed by atoms with Crippen molar-refractivity contribution in [3.05, 3.63) is 61.3 Å². The van der Waals surface area contributed by atoms with Crippen LogP contribution in [0.15, 0.2) is 48.8 Å². The molecule has 0 unspecified atom stereocenters. The molecule has 2 radical (unpaired) electrons. The van der Waals surface area contributed by atoms with E-state index in [1.165, 1.54) is 11.4 Å². The van der Waals surface area contributed by atoms with Crippen LogP contribution in [0.25, 0.3) is 0 Å². The molecule has 1 aliphatic heterocycles. The molecular weight excluding hydrogens is 234 g/mol. The Morgan fingerprint density at radius 3 is 2.11 bits per heavy atom. The zero-order valence-corrected chi connectivity index (χ0v) is 10.9. The van der Waals surface area contributed by atoms with Gasteiger partial charge in [-0.25, -0.2) is 0 Å². The Labute approximate surface area is 114 Å². The number of anilines is 2. The fourth-order valence-corrected chi connectivity index (χ4v) is 2.50. The molecule has 0 aliphatic carbocycles. The summed E-state index contributed by atoms with van der Waals surface area (Å²) < 4.78 is 0. The van der Waals surface area contributed by atoms with Crippen LogP contribution in [0, 0.1) is 6.92 Å². The van der Waals surface area contributed by atoms with Gasteiger partial charge in [0.2, 0.25) is 0 Å². The number of rotatable bonds is 2. The molecule has 2 aromatic rings. The lowest BCUT2D eigenvalue weighted by atomic mass is 10.2. The number of hydrogen-bond acceptors (Lipinski definition) is 3. The molecule has 0 N–H and O–H groups in total. The molecular formula is C16H17N3. The van der Waals surface area contributed by atoms with Gasteiger partial charge in [-0.3, -0.25) is 4.98 Å². The smallest absolute Gasteiger partial charge is 0.0398 e. The van der Waals surface area contributed by atoms with E-state index in [-0.39, 0.29) is 0 Å². The van der Waals surface area contributed by atoms with Crippen molar-refractivity contribution >= 4 is 11.4 Å². The van der Waals surface area contributed by atoms with E-state index in [2.05, 4.69) is 33.0 Å². The largest absolute Gasteiger partial charge is 0.368 e. The summed E-state index contributed by atoms with van der Waals surface area (Å²) in [6.45, 7) is 9.93. The molecule has 0 spiro atoms. The van der Waals surface area contributed by atoms with Crippen molar-refractivity contribution in [2.24, 2.45) is 0 Å². The second-order valence-corrected chi connectivity index (χ2v) is 4.77. The first-order valence-electron chi connectivity index (χ1n) is 6.58. The van der Waals surface area contributed by atoms with Gasteiger partial charge in [-0.1, -0.05) is 12.1 Å². The first-order chi connectivity index (χ1) is 9.33.